The topological polar surface area (TPSA) is 66.5 Å². The Morgan fingerprint density at radius 2 is 1.96 bits per heavy atom. The van der Waals surface area contributed by atoms with Crippen LogP contribution >= 0.6 is 0 Å². The number of amides is 1. The van der Waals surface area contributed by atoms with E-state index in [1.807, 2.05) is 37.1 Å². The number of likely N-dealkylation sites (N-methyl/N-ethyl adjacent to an activating group) is 1. The second-order valence-electron chi connectivity index (χ2n) is 7.89. The second-order valence-corrected chi connectivity index (χ2v) is 10.1. The highest BCUT2D eigenvalue weighted by atomic mass is 32.2. The minimum Gasteiger partial charge on any atom is -0.353 e. The molecule has 140 valence electrons. The van der Waals surface area contributed by atoms with E-state index in [1.165, 1.54) is 5.56 Å². The van der Waals surface area contributed by atoms with Crippen LogP contribution in [0.2, 0.25) is 0 Å². The van der Waals surface area contributed by atoms with E-state index >= 15 is 0 Å². The number of benzene rings is 1. The van der Waals surface area contributed by atoms with Crippen LogP contribution in [0, 0.1) is 0 Å². The zero-order valence-electron chi connectivity index (χ0n) is 15.7. The van der Waals surface area contributed by atoms with Crippen molar-refractivity contribution < 1.29 is 13.2 Å². The quantitative estimate of drug-likeness (QED) is 0.801. The van der Waals surface area contributed by atoms with E-state index in [2.05, 4.69) is 31.3 Å². The molecule has 0 aromatic heterocycles. The van der Waals surface area contributed by atoms with Crippen LogP contribution in [0.15, 0.2) is 30.3 Å². The summed E-state index contributed by atoms with van der Waals surface area (Å²) < 4.78 is 23.1. The number of nitrogens with zero attached hydrogens (tertiary/aromatic N) is 1. The van der Waals surface area contributed by atoms with E-state index in [0.29, 0.717) is 6.42 Å². The first kappa shape index (κ1) is 19.9. The zero-order chi connectivity index (χ0) is 18.7. The number of hydrogen-bond acceptors (Lipinski definition) is 4. The van der Waals surface area contributed by atoms with E-state index < -0.39 is 9.84 Å². The average Bonchev–Trinajstić information content (AvgIpc) is 2.87. The molecule has 1 heterocycles. The molecule has 0 unspecified atom stereocenters. The summed E-state index contributed by atoms with van der Waals surface area (Å²) in [7, 11) is -1.10. The molecular weight excluding hydrogens is 336 g/mol. The van der Waals surface area contributed by atoms with Crippen molar-refractivity contribution >= 4 is 15.7 Å². The third kappa shape index (κ3) is 5.82. The number of carbonyl (C=O) groups is 1. The molecular formula is C19H30N2O3S. The van der Waals surface area contributed by atoms with Gasteiger partial charge in [0.05, 0.1) is 18.1 Å². The Bertz CT molecular complexity index is 686. The molecule has 1 N–H and O–H groups in total. The minimum atomic E-state index is -2.93. The van der Waals surface area contributed by atoms with Crippen molar-refractivity contribution in [3.05, 3.63) is 35.9 Å². The van der Waals surface area contributed by atoms with Crippen LogP contribution in [-0.2, 0) is 20.0 Å². The first-order valence-electron chi connectivity index (χ1n) is 8.85. The number of sulfone groups is 1. The highest BCUT2D eigenvalue weighted by Crippen LogP contribution is 2.28. The predicted molar refractivity (Wildman–Crippen MR) is 101 cm³/mol. The van der Waals surface area contributed by atoms with Crippen LogP contribution < -0.4 is 5.32 Å². The van der Waals surface area contributed by atoms with Crippen LogP contribution in [0.4, 0.5) is 0 Å². The lowest BCUT2D eigenvalue weighted by atomic mass is 9.79. The molecule has 1 aliphatic rings. The highest BCUT2D eigenvalue weighted by Gasteiger charge is 2.31. The lowest BCUT2D eigenvalue weighted by molar-refractivity contribution is -0.123. The van der Waals surface area contributed by atoms with E-state index in [9.17, 15) is 13.2 Å². The number of hydrogen-bond donors (Lipinski definition) is 1. The van der Waals surface area contributed by atoms with Crippen LogP contribution in [0.5, 0.6) is 0 Å². The van der Waals surface area contributed by atoms with E-state index in [-0.39, 0.29) is 41.5 Å². The van der Waals surface area contributed by atoms with Gasteiger partial charge in [0.1, 0.15) is 0 Å². The Balaban J connectivity index is 1.84. The normalized spacial score (nSPS) is 21.2. The Hall–Kier alpha value is -1.40. The molecule has 1 aliphatic heterocycles. The smallest absolute Gasteiger partial charge is 0.234 e. The molecule has 0 saturated carbocycles. The summed E-state index contributed by atoms with van der Waals surface area (Å²) in [5, 5.41) is 3.05. The largest absolute Gasteiger partial charge is 0.353 e. The lowest BCUT2D eigenvalue weighted by Gasteiger charge is -2.30. The first-order chi connectivity index (χ1) is 11.6. The van der Waals surface area contributed by atoms with Crippen molar-refractivity contribution in [2.45, 2.75) is 51.1 Å². The maximum Gasteiger partial charge on any atom is 0.234 e. The SMILES string of the molecule is C[C@H](CC(C)(C)c1ccccc1)NC(=O)CN(C)[C@H]1CCS(=O)(=O)C1. The summed E-state index contributed by atoms with van der Waals surface area (Å²) >= 11 is 0. The van der Waals surface area contributed by atoms with Gasteiger partial charge in [-0.15, -0.1) is 0 Å². The molecule has 25 heavy (non-hydrogen) atoms. The van der Waals surface area contributed by atoms with Gasteiger partial charge in [-0.05, 0) is 37.8 Å². The molecule has 0 bridgehead atoms. The first-order valence-corrected chi connectivity index (χ1v) is 10.7. The molecule has 5 nitrogen and oxygen atoms in total. The summed E-state index contributed by atoms with van der Waals surface area (Å²) in [6, 6.07) is 10.3. The Labute approximate surface area is 151 Å². The number of carbonyl (C=O) groups excluding carboxylic acids is 1. The summed E-state index contributed by atoms with van der Waals surface area (Å²) in [6.07, 6.45) is 1.45. The second kappa shape index (κ2) is 7.87. The van der Waals surface area contributed by atoms with Crippen molar-refractivity contribution in [1.29, 1.82) is 0 Å². The van der Waals surface area contributed by atoms with Crippen molar-refractivity contribution in [3.8, 4) is 0 Å². The Morgan fingerprint density at radius 3 is 2.52 bits per heavy atom. The molecule has 1 saturated heterocycles. The Morgan fingerprint density at radius 1 is 1.32 bits per heavy atom. The molecule has 0 spiro atoms. The van der Waals surface area contributed by atoms with Crippen LogP contribution in [0.3, 0.4) is 0 Å². The predicted octanol–water partition coefficient (Wildman–Crippen LogP) is 1.98. The summed E-state index contributed by atoms with van der Waals surface area (Å²) in [5.41, 5.74) is 1.23. The van der Waals surface area contributed by atoms with E-state index in [4.69, 9.17) is 0 Å². The van der Waals surface area contributed by atoms with Gasteiger partial charge in [0.2, 0.25) is 5.91 Å². The molecule has 6 heteroatoms. The van der Waals surface area contributed by atoms with E-state index in [0.717, 1.165) is 6.42 Å². The van der Waals surface area contributed by atoms with Gasteiger partial charge in [0.15, 0.2) is 9.84 Å². The number of rotatable bonds is 7. The van der Waals surface area contributed by atoms with Gasteiger partial charge in [0, 0.05) is 12.1 Å². The van der Waals surface area contributed by atoms with Gasteiger partial charge < -0.3 is 5.32 Å². The van der Waals surface area contributed by atoms with Gasteiger partial charge in [-0.25, -0.2) is 8.42 Å². The Kier molecular flexibility index (Phi) is 6.27. The minimum absolute atomic E-state index is 0.0284. The fraction of sp³-hybridized carbons (Fsp3) is 0.632. The van der Waals surface area contributed by atoms with Gasteiger partial charge in [0.25, 0.3) is 0 Å². The van der Waals surface area contributed by atoms with Crippen molar-refractivity contribution in [1.82, 2.24) is 10.2 Å². The highest BCUT2D eigenvalue weighted by molar-refractivity contribution is 7.91. The fourth-order valence-corrected chi connectivity index (χ4v) is 5.43. The van der Waals surface area contributed by atoms with Crippen molar-refractivity contribution in [2.24, 2.45) is 0 Å². The summed E-state index contributed by atoms with van der Waals surface area (Å²) in [6.45, 7) is 6.61. The van der Waals surface area contributed by atoms with Gasteiger partial charge in [-0.3, -0.25) is 9.69 Å². The van der Waals surface area contributed by atoms with Crippen molar-refractivity contribution in [2.75, 3.05) is 25.1 Å². The van der Waals surface area contributed by atoms with Gasteiger partial charge >= 0.3 is 0 Å². The summed E-state index contributed by atoms with van der Waals surface area (Å²) in [5.74, 6) is 0.335. The van der Waals surface area contributed by atoms with Gasteiger partial charge in [-0.1, -0.05) is 44.2 Å². The summed E-state index contributed by atoms with van der Waals surface area (Å²) in [4.78, 5) is 14.2. The van der Waals surface area contributed by atoms with Crippen molar-refractivity contribution in [3.63, 3.8) is 0 Å². The fourth-order valence-electron chi connectivity index (χ4n) is 3.62. The molecule has 1 aromatic rings. The third-order valence-corrected chi connectivity index (χ3v) is 6.75. The lowest BCUT2D eigenvalue weighted by Crippen LogP contribution is -2.45. The van der Waals surface area contributed by atoms with Crippen LogP contribution in [-0.4, -0.2) is 56.4 Å². The van der Waals surface area contributed by atoms with Crippen LogP contribution in [0.25, 0.3) is 0 Å². The zero-order valence-corrected chi connectivity index (χ0v) is 16.5. The standard InChI is InChI=1S/C19H30N2O3S/c1-15(12-19(2,3)16-8-6-5-7-9-16)20-18(22)13-21(4)17-10-11-25(23,24)14-17/h5-9,15,17H,10-14H2,1-4H3,(H,20,22)/t15-,17+/m1/s1. The molecule has 2 rings (SSSR count). The monoisotopic (exact) mass is 366 g/mol. The molecule has 1 amide bonds. The molecule has 1 aromatic carbocycles. The third-order valence-electron chi connectivity index (χ3n) is 5.00. The molecule has 0 aliphatic carbocycles. The van der Waals surface area contributed by atoms with E-state index in [1.54, 1.807) is 0 Å². The molecule has 2 atom stereocenters. The maximum atomic E-state index is 12.3. The van der Waals surface area contributed by atoms with Crippen LogP contribution in [0.1, 0.15) is 39.2 Å². The average molecular weight is 367 g/mol. The van der Waals surface area contributed by atoms with Gasteiger partial charge in [-0.2, -0.15) is 0 Å². The number of nitrogens with one attached hydrogen (secondary N) is 1. The molecule has 1 fully saturated rings. The maximum absolute atomic E-state index is 12.3. The molecule has 0 radical (unpaired) electrons.